The summed E-state index contributed by atoms with van der Waals surface area (Å²) in [6.45, 7) is 4.26. The van der Waals surface area contributed by atoms with Crippen LogP contribution in [0.4, 0.5) is 0 Å². The molecule has 0 aliphatic carbocycles. The topological polar surface area (TPSA) is 0 Å². The van der Waals surface area contributed by atoms with Gasteiger partial charge in [-0.25, -0.2) is 0 Å². The Morgan fingerprint density at radius 2 is 0.625 bits per heavy atom. The maximum Gasteiger partial charge on any atom is -0.0171 e. The molecule has 0 N–H and O–H groups in total. The van der Waals surface area contributed by atoms with Gasteiger partial charge in [0.25, 0.3) is 0 Å². The first-order valence-corrected chi connectivity index (χ1v) is 11.1. The molecule has 0 fully saturated rings. The Kier molecular flexibility index (Phi) is 5.44. The van der Waals surface area contributed by atoms with Crippen molar-refractivity contribution in [2.24, 2.45) is 0 Å². The van der Waals surface area contributed by atoms with E-state index in [1.807, 2.05) is 0 Å². The Hall–Kier alpha value is -3.90. The maximum absolute atomic E-state index is 2.31. The first-order chi connectivity index (χ1) is 15.7. The lowest BCUT2D eigenvalue weighted by Crippen LogP contribution is -1.87. The van der Waals surface area contributed by atoms with Gasteiger partial charge in [-0.1, -0.05) is 108 Å². The van der Waals surface area contributed by atoms with Crippen LogP contribution in [0.25, 0.3) is 44.5 Å². The number of aryl methyl sites for hydroxylation is 2. The van der Waals surface area contributed by atoms with Crippen LogP contribution in [0.15, 0.2) is 121 Å². The predicted molar refractivity (Wildman–Crippen MR) is 138 cm³/mol. The smallest absolute Gasteiger partial charge is 0.0171 e. The summed E-state index contributed by atoms with van der Waals surface area (Å²) in [5, 5.41) is 0. The lowest BCUT2D eigenvalue weighted by molar-refractivity contribution is 1.46. The van der Waals surface area contributed by atoms with Crippen LogP contribution in [0.5, 0.6) is 0 Å². The zero-order valence-corrected chi connectivity index (χ0v) is 18.5. The minimum absolute atomic E-state index is 1.23. The van der Waals surface area contributed by atoms with Gasteiger partial charge in [0.1, 0.15) is 0 Å². The molecule has 5 aromatic carbocycles. The van der Waals surface area contributed by atoms with Crippen LogP contribution in [0, 0.1) is 13.8 Å². The average molecular weight is 411 g/mol. The average Bonchev–Trinajstić information content (AvgIpc) is 2.85. The molecule has 0 heteroatoms. The molecular formula is C32H26. The quantitative estimate of drug-likeness (QED) is 0.277. The van der Waals surface area contributed by atoms with Crippen molar-refractivity contribution >= 4 is 0 Å². The summed E-state index contributed by atoms with van der Waals surface area (Å²) in [6.07, 6.45) is 0. The first kappa shape index (κ1) is 20.0. The highest BCUT2D eigenvalue weighted by molar-refractivity contribution is 5.82. The monoisotopic (exact) mass is 410 g/mol. The number of hydrogen-bond donors (Lipinski definition) is 0. The Bertz CT molecular complexity index is 1340. The third kappa shape index (κ3) is 4.26. The lowest BCUT2D eigenvalue weighted by atomic mass is 9.92. The number of benzene rings is 5. The van der Waals surface area contributed by atoms with Gasteiger partial charge in [-0.3, -0.25) is 0 Å². The van der Waals surface area contributed by atoms with Crippen molar-refractivity contribution in [1.82, 2.24) is 0 Å². The Labute approximate surface area is 190 Å². The molecule has 0 saturated carbocycles. The molecule has 5 rings (SSSR count). The summed E-state index contributed by atoms with van der Waals surface area (Å²) in [7, 11) is 0. The summed E-state index contributed by atoms with van der Waals surface area (Å²) in [5.41, 5.74) is 12.5. The van der Waals surface area contributed by atoms with E-state index >= 15 is 0 Å². The van der Waals surface area contributed by atoms with E-state index in [0.29, 0.717) is 0 Å². The fraction of sp³-hybridized carbons (Fsp3) is 0.0625. The minimum atomic E-state index is 1.23. The molecule has 0 bridgehead atoms. The normalized spacial score (nSPS) is 10.8. The van der Waals surface area contributed by atoms with E-state index < -0.39 is 0 Å². The highest BCUT2D eigenvalue weighted by Gasteiger charge is 2.08. The van der Waals surface area contributed by atoms with Crippen LogP contribution in [0.1, 0.15) is 11.1 Å². The van der Waals surface area contributed by atoms with E-state index in [2.05, 4.69) is 135 Å². The van der Waals surface area contributed by atoms with Crippen molar-refractivity contribution in [3.8, 4) is 44.5 Å². The molecule has 32 heavy (non-hydrogen) atoms. The van der Waals surface area contributed by atoms with E-state index in [9.17, 15) is 0 Å². The summed E-state index contributed by atoms with van der Waals surface area (Å²) in [5.74, 6) is 0. The molecule has 0 nitrogen and oxygen atoms in total. The van der Waals surface area contributed by atoms with Gasteiger partial charge in [0, 0.05) is 0 Å². The molecule has 0 atom stereocenters. The standard InChI is InChI=1S/C32H26/c1-23-11-15-26(16-12-23)28-9-6-10-29(19-28)32-21-30(25-7-4-3-5-8-25)20-31(22-32)27-17-13-24(2)14-18-27/h3-22H,1-2H3. The molecule has 0 saturated heterocycles. The third-order valence-corrected chi connectivity index (χ3v) is 6.01. The van der Waals surface area contributed by atoms with Crippen LogP contribution < -0.4 is 0 Å². The molecule has 0 unspecified atom stereocenters. The van der Waals surface area contributed by atoms with Gasteiger partial charge in [0.15, 0.2) is 0 Å². The molecule has 0 aliphatic heterocycles. The summed E-state index contributed by atoms with van der Waals surface area (Å²) >= 11 is 0. The second kappa shape index (κ2) is 8.69. The molecule has 0 spiro atoms. The van der Waals surface area contributed by atoms with Crippen molar-refractivity contribution in [3.63, 3.8) is 0 Å². The number of rotatable bonds is 4. The van der Waals surface area contributed by atoms with Crippen molar-refractivity contribution in [2.45, 2.75) is 13.8 Å². The minimum Gasteiger partial charge on any atom is -0.0622 e. The highest BCUT2D eigenvalue weighted by atomic mass is 14.1. The number of hydrogen-bond acceptors (Lipinski definition) is 0. The van der Waals surface area contributed by atoms with Crippen LogP contribution >= 0.6 is 0 Å². The zero-order chi connectivity index (χ0) is 21.9. The van der Waals surface area contributed by atoms with Crippen molar-refractivity contribution < 1.29 is 0 Å². The van der Waals surface area contributed by atoms with E-state index in [0.717, 1.165) is 0 Å². The predicted octanol–water partition coefficient (Wildman–Crippen LogP) is 8.97. The summed E-state index contributed by atoms with van der Waals surface area (Å²) < 4.78 is 0. The van der Waals surface area contributed by atoms with Crippen LogP contribution in [-0.4, -0.2) is 0 Å². The van der Waals surface area contributed by atoms with E-state index in [1.165, 1.54) is 55.6 Å². The van der Waals surface area contributed by atoms with E-state index in [-0.39, 0.29) is 0 Å². The van der Waals surface area contributed by atoms with Crippen LogP contribution in [0.2, 0.25) is 0 Å². The van der Waals surface area contributed by atoms with Gasteiger partial charge in [-0.2, -0.15) is 0 Å². The van der Waals surface area contributed by atoms with Gasteiger partial charge in [0.05, 0.1) is 0 Å². The largest absolute Gasteiger partial charge is 0.0622 e. The van der Waals surface area contributed by atoms with Crippen molar-refractivity contribution in [1.29, 1.82) is 0 Å². The molecular weight excluding hydrogens is 384 g/mol. The SMILES string of the molecule is Cc1ccc(-c2cccc(-c3cc(-c4ccccc4)cc(-c4ccc(C)cc4)c3)c2)cc1. The Morgan fingerprint density at radius 1 is 0.281 bits per heavy atom. The fourth-order valence-corrected chi connectivity index (χ4v) is 4.13. The Balaban J connectivity index is 1.65. The van der Waals surface area contributed by atoms with E-state index in [4.69, 9.17) is 0 Å². The second-order valence-electron chi connectivity index (χ2n) is 8.48. The fourth-order valence-electron chi connectivity index (χ4n) is 4.13. The second-order valence-corrected chi connectivity index (χ2v) is 8.48. The van der Waals surface area contributed by atoms with Gasteiger partial charge in [-0.15, -0.1) is 0 Å². The zero-order valence-electron chi connectivity index (χ0n) is 18.5. The lowest BCUT2D eigenvalue weighted by Gasteiger charge is -2.13. The third-order valence-electron chi connectivity index (χ3n) is 6.01. The molecule has 0 heterocycles. The molecule has 0 amide bonds. The van der Waals surface area contributed by atoms with Gasteiger partial charge >= 0.3 is 0 Å². The van der Waals surface area contributed by atoms with Gasteiger partial charge < -0.3 is 0 Å². The molecule has 0 aromatic heterocycles. The van der Waals surface area contributed by atoms with E-state index in [1.54, 1.807) is 0 Å². The maximum atomic E-state index is 2.31. The first-order valence-electron chi connectivity index (χ1n) is 11.1. The van der Waals surface area contributed by atoms with Crippen LogP contribution in [-0.2, 0) is 0 Å². The molecule has 0 radical (unpaired) electrons. The van der Waals surface area contributed by atoms with Gasteiger partial charge in [0.2, 0.25) is 0 Å². The van der Waals surface area contributed by atoms with Crippen molar-refractivity contribution in [2.75, 3.05) is 0 Å². The van der Waals surface area contributed by atoms with Crippen molar-refractivity contribution in [3.05, 3.63) is 132 Å². The summed E-state index contributed by atoms with van der Waals surface area (Å²) in [6, 6.07) is 44.0. The van der Waals surface area contributed by atoms with Crippen LogP contribution in [0.3, 0.4) is 0 Å². The molecule has 5 aromatic rings. The molecule has 0 aliphatic rings. The molecule has 154 valence electrons. The Morgan fingerprint density at radius 3 is 1.16 bits per heavy atom. The van der Waals surface area contributed by atoms with Gasteiger partial charge in [-0.05, 0) is 82.6 Å². The summed E-state index contributed by atoms with van der Waals surface area (Å²) in [4.78, 5) is 0. The highest BCUT2D eigenvalue weighted by Crippen LogP contribution is 2.34.